The summed E-state index contributed by atoms with van der Waals surface area (Å²) in [6.07, 6.45) is 1.66. The second-order valence-corrected chi connectivity index (χ2v) is 8.16. The van der Waals surface area contributed by atoms with Crippen LogP contribution in [-0.2, 0) is 16.8 Å². The fraction of sp³-hybridized carbons (Fsp3) is 0.100. The van der Waals surface area contributed by atoms with Gasteiger partial charge < -0.3 is 14.4 Å². The van der Waals surface area contributed by atoms with Gasteiger partial charge in [0.05, 0.1) is 11.0 Å². The lowest BCUT2D eigenvalue weighted by atomic mass is 10.1. The topological polar surface area (TPSA) is 88.2 Å². The molecule has 2 aromatic carbocycles. The van der Waals surface area contributed by atoms with Gasteiger partial charge in [-0.2, -0.15) is 8.78 Å². The van der Waals surface area contributed by atoms with E-state index in [9.17, 15) is 13.3 Å². The van der Waals surface area contributed by atoms with Crippen molar-refractivity contribution in [3.05, 3.63) is 84.1 Å². The van der Waals surface area contributed by atoms with Gasteiger partial charge in [0.25, 0.3) is 0 Å². The lowest BCUT2D eigenvalue weighted by molar-refractivity contribution is 0.0564. The average Bonchev–Trinajstić information content (AvgIpc) is 3.07. The molecule has 0 fully saturated rings. The molecule has 0 bridgehead atoms. The molecule has 4 aromatic rings. The highest BCUT2D eigenvalue weighted by atomic mass is 31.2. The molecule has 9 heteroatoms. The van der Waals surface area contributed by atoms with Crippen LogP contribution >= 0.6 is 7.60 Å². The quantitative estimate of drug-likeness (QED) is 0.473. The Kier molecular flexibility index (Phi) is 4.78. The number of halogens is 2. The normalized spacial score (nSPS) is 12.4. The first-order chi connectivity index (χ1) is 13.8. The molecule has 0 spiro atoms. The van der Waals surface area contributed by atoms with Crippen LogP contribution in [0.2, 0.25) is 0 Å². The lowest BCUT2D eigenvalue weighted by Crippen LogP contribution is -2.13. The van der Waals surface area contributed by atoms with E-state index in [1.54, 1.807) is 12.3 Å². The molecule has 29 heavy (non-hydrogen) atoms. The van der Waals surface area contributed by atoms with Crippen LogP contribution in [0.15, 0.2) is 72.9 Å². The highest BCUT2D eigenvalue weighted by Gasteiger charge is 2.50. The van der Waals surface area contributed by atoms with Crippen molar-refractivity contribution >= 4 is 18.6 Å². The van der Waals surface area contributed by atoms with Gasteiger partial charge in [0.15, 0.2) is 5.82 Å². The highest BCUT2D eigenvalue weighted by Crippen LogP contribution is 2.59. The van der Waals surface area contributed by atoms with Crippen LogP contribution in [0, 0.1) is 0 Å². The predicted octanol–water partition coefficient (Wildman–Crippen LogP) is 4.37. The summed E-state index contributed by atoms with van der Waals surface area (Å²) in [5, 5.41) is 0. The first-order valence-corrected chi connectivity index (χ1v) is 10.3. The largest absolute Gasteiger partial charge is 0.399 e. The zero-order chi connectivity index (χ0) is 20.6. The van der Waals surface area contributed by atoms with Gasteiger partial charge in [-0.15, -0.1) is 0 Å². The van der Waals surface area contributed by atoms with Gasteiger partial charge >= 0.3 is 13.3 Å². The van der Waals surface area contributed by atoms with E-state index in [1.807, 2.05) is 41.0 Å². The van der Waals surface area contributed by atoms with E-state index >= 15 is 0 Å². The maximum absolute atomic E-state index is 13.9. The molecule has 0 unspecified atom stereocenters. The lowest BCUT2D eigenvalue weighted by Gasteiger charge is -2.18. The molecule has 0 radical (unpaired) electrons. The standard InChI is InChI=1S/C20H16F2N3O3P/c21-20(22,29(26,27)28)15-10-8-14(9-11-15)13-25-18-7-2-1-5-16(18)24-19(25)17-6-3-4-12-23-17/h1-12H,13H2,(H2,26,27,28). The number of fused-ring (bicyclic) bond motifs is 1. The molecule has 0 amide bonds. The molecule has 2 aromatic heterocycles. The number of imidazole rings is 1. The number of nitrogens with zero attached hydrogens (tertiary/aromatic N) is 3. The maximum atomic E-state index is 13.9. The third-order valence-corrected chi connectivity index (χ3v) is 5.55. The van der Waals surface area contributed by atoms with Crippen LogP contribution < -0.4 is 0 Å². The first-order valence-electron chi connectivity index (χ1n) is 8.67. The molecule has 2 heterocycles. The molecule has 4 rings (SSSR count). The van der Waals surface area contributed by atoms with Crippen molar-refractivity contribution in [2.75, 3.05) is 0 Å². The molecule has 0 atom stereocenters. The summed E-state index contributed by atoms with van der Waals surface area (Å²) in [5.41, 5.74) is -1.97. The van der Waals surface area contributed by atoms with E-state index in [0.717, 1.165) is 23.2 Å². The molecule has 0 aliphatic heterocycles. The molecule has 0 aliphatic rings. The Bertz CT molecular complexity index is 1200. The number of pyridine rings is 1. The van der Waals surface area contributed by atoms with Crippen molar-refractivity contribution in [1.29, 1.82) is 0 Å². The van der Waals surface area contributed by atoms with Crippen LogP contribution in [0.3, 0.4) is 0 Å². The van der Waals surface area contributed by atoms with Gasteiger partial charge in [-0.1, -0.05) is 42.5 Å². The van der Waals surface area contributed by atoms with E-state index in [0.29, 0.717) is 23.6 Å². The number of benzene rings is 2. The summed E-state index contributed by atoms with van der Waals surface area (Å²) in [7, 11) is -5.60. The third-order valence-electron chi connectivity index (χ3n) is 4.56. The summed E-state index contributed by atoms with van der Waals surface area (Å²) in [4.78, 5) is 26.8. The number of alkyl halides is 2. The van der Waals surface area contributed by atoms with E-state index in [4.69, 9.17) is 9.79 Å². The summed E-state index contributed by atoms with van der Waals surface area (Å²) in [6, 6.07) is 18.0. The number of aromatic nitrogens is 3. The Morgan fingerprint density at radius 3 is 2.31 bits per heavy atom. The monoisotopic (exact) mass is 415 g/mol. The number of rotatable bonds is 5. The Balaban J connectivity index is 1.74. The van der Waals surface area contributed by atoms with Gasteiger partial charge in [-0.25, -0.2) is 4.98 Å². The minimum Gasteiger partial charge on any atom is -0.320 e. The Hall–Kier alpha value is -2.93. The van der Waals surface area contributed by atoms with Gasteiger partial charge in [-0.05, 0) is 29.8 Å². The molecule has 0 saturated heterocycles. The first kappa shape index (κ1) is 19.4. The van der Waals surface area contributed by atoms with Gasteiger partial charge in [0, 0.05) is 18.3 Å². The smallest absolute Gasteiger partial charge is 0.320 e. The zero-order valence-corrected chi connectivity index (χ0v) is 15.9. The number of para-hydroxylation sites is 2. The molecular weight excluding hydrogens is 399 g/mol. The number of hydrogen-bond donors (Lipinski definition) is 2. The van der Waals surface area contributed by atoms with Crippen LogP contribution in [0.25, 0.3) is 22.6 Å². The fourth-order valence-corrected chi connectivity index (χ4v) is 3.57. The van der Waals surface area contributed by atoms with Gasteiger partial charge in [0.2, 0.25) is 0 Å². The van der Waals surface area contributed by atoms with Gasteiger partial charge in [0.1, 0.15) is 5.69 Å². The zero-order valence-electron chi connectivity index (χ0n) is 15.0. The van der Waals surface area contributed by atoms with E-state index in [-0.39, 0.29) is 0 Å². The maximum Gasteiger partial charge on any atom is 0.399 e. The van der Waals surface area contributed by atoms with Crippen LogP contribution in [0.4, 0.5) is 8.78 Å². The minimum atomic E-state index is -5.60. The summed E-state index contributed by atoms with van der Waals surface area (Å²) < 4.78 is 40.8. The van der Waals surface area contributed by atoms with Crippen molar-refractivity contribution in [3.63, 3.8) is 0 Å². The third kappa shape index (κ3) is 3.58. The molecular formula is C20H16F2N3O3P. The molecule has 148 valence electrons. The molecule has 2 N–H and O–H groups in total. The SMILES string of the molecule is O=P(O)(O)C(F)(F)c1ccc(Cn2c(-c3ccccn3)nc3ccccc32)cc1. The van der Waals surface area contributed by atoms with Crippen molar-refractivity contribution < 1.29 is 23.1 Å². The second-order valence-electron chi connectivity index (χ2n) is 6.51. The van der Waals surface area contributed by atoms with Crippen LogP contribution in [-0.4, -0.2) is 24.3 Å². The predicted molar refractivity (Wildman–Crippen MR) is 104 cm³/mol. The Morgan fingerprint density at radius 2 is 1.66 bits per heavy atom. The van der Waals surface area contributed by atoms with Crippen molar-refractivity contribution in [1.82, 2.24) is 14.5 Å². The van der Waals surface area contributed by atoms with Crippen molar-refractivity contribution in [3.8, 4) is 11.5 Å². The van der Waals surface area contributed by atoms with Crippen molar-refractivity contribution in [2.45, 2.75) is 12.2 Å². The minimum absolute atomic E-state index is 0.328. The van der Waals surface area contributed by atoms with E-state index in [2.05, 4.69) is 9.97 Å². The molecule has 0 aliphatic carbocycles. The van der Waals surface area contributed by atoms with E-state index in [1.165, 1.54) is 12.1 Å². The van der Waals surface area contributed by atoms with Gasteiger partial charge in [-0.3, -0.25) is 9.55 Å². The summed E-state index contributed by atoms with van der Waals surface area (Å²) >= 11 is 0. The van der Waals surface area contributed by atoms with Crippen molar-refractivity contribution in [2.24, 2.45) is 0 Å². The molecule has 0 saturated carbocycles. The molecule has 6 nitrogen and oxygen atoms in total. The summed E-state index contributed by atoms with van der Waals surface area (Å²) in [6.45, 7) is 0.328. The fourth-order valence-electron chi connectivity index (χ4n) is 3.09. The Labute approximate surface area is 164 Å². The number of hydrogen-bond acceptors (Lipinski definition) is 3. The Morgan fingerprint density at radius 1 is 0.966 bits per heavy atom. The second kappa shape index (κ2) is 7.15. The van der Waals surface area contributed by atoms with Crippen LogP contribution in [0.5, 0.6) is 0 Å². The average molecular weight is 415 g/mol. The van der Waals surface area contributed by atoms with Crippen LogP contribution in [0.1, 0.15) is 11.1 Å². The summed E-state index contributed by atoms with van der Waals surface area (Å²) in [5.74, 6) is 0.636. The van der Waals surface area contributed by atoms with E-state index < -0.39 is 18.8 Å². The highest BCUT2D eigenvalue weighted by molar-refractivity contribution is 7.52.